The highest BCUT2D eigenvalue weighted by Crippen LogP contribution is 2.30. The van der Waals surface area contributed by atoms with Crippen LogP contribution in [-0.4, -0.2) is 16.2 Å². The molecule has 2 N–H and O–H groups in total. The standard InChI is InChI=1S/C15H22O3/c1-4-5-11-6-8-12(9-7-11)13(16)10-15(2,3)14(17)18/h6-9,13,16H,4-5,10H2,1-3H3,(H,17,18). The topological polar surface area (TPSA) is 57.5 Å². The third-order valence-electron chi connectivity index (χ3n) is 3.19. The maximum atomic E-state index is 11.0. The maximum absolute atomic E-state index is 11.0. The number of hydrogen-bond donors (Lipinski definition) is 2. The number of carboxylic acid groups (broad SMARTS) is 1. The van der Waals surface area contributed by atoms with Gasteiger partial charge >= 0.3 is 5.97 Å². The predicted molar refractivity (Wildman–Crippen MR) is 71.4 cm³/mol. The van der Waals surface area contributed by atoms with Gasteiger partial charge in [0.2, 0.25) is 0 Å². The molecule has 1 unspecified atom stereocenters. The number of aliphatic hydroxyl groups excluding tert-OH is 1. The van der Waals surface area contributed by atoms with Crippen molar-refractivity contribution in [2.75, 3.05) is 0 Å². The molecule has 0 bridgehead atoms. The van der Waals surface area contributed by atoms with Crippen molar-refractivity contribution in [3.8, 4) is 0 Å². The maximum Gasteiger partial charge on any atom is 0.309 e. The van der Waals surface area contributed by atoms with Crippen molar-refractivity contribution < 1.29 is 15.0 Å². The van der Waals surface area contributed by atoms with Crippen LogP contribution < -0.4 is 0 Å². The van der Waals surface area contributed by atoms with Gasteiger partial charge in [0.25, 0.3) is 0 Å². The van der Waals surface area contributed by atoms with E-state index in [4.69, 9.17) is 5.11 Å². The monoisotopic (exact) mass is 250 g/mol. The van der Waals surface area contributed by atoms with Gasteiger partial charge in [-0.25, -0.2) is 0 Å². The Morgan fingerprint density at radius 2 is 1.83 bits per heavy atom. The van der Waals surface area contributed by atoms with Gasteiger partial charge in [-0.3, -0.25) is 4.79 Å². The van der Waals surface area contributed by atoms with Crippen LogP contribution in [0.5, 0.6) is 0 Å². The van der Waals surface area contributed by atoms with E-state index in [9.17, 15) is 9.90 Å². The van der Waals surface area contributed by atoms with Crippen LogP contribution in [0.3, 0.4) is 0 Å². The van der Waals surface area contributed by atoms with Crippen LogP contribution in [0.2, 0.25) is 0 Å². The normalized spacial score (nSPS) is 13.3. The van der Waals surface area contributed by atoms with Crippen LogP contribution in [0.25, 0.3) is 0 Å². The summed E-state index contributed by atoms with van der Waals surface area (Å²) in [5.74, 6) is -0.885. The molecular weight excluding hydrogens is 228 g/mol. The Balaban J connectivity index is 2.72. The summed E-state index contributed by atoms with van der Waals surface area (Å²) in [4.78, 5) is 11.0. The van der Waals surface area contributed by atoms with Crippen LogP contribution in [0.4, 0.5) is 0 Å². The Hall–Kier alpha value is -1.35. The smallest absolute Gasteiger partial charge is 0.309 e. The summed E-state index contributed by atoms with van der Waals surface area (Å²) in [5, 5.41) is 19.1. The van der Waals surface area contributed by atoms with Gasteiger partial charge in [0.05, 0.1) is 11.5 Å². The zero-order valence-corrected chi connectivity index (χ0v) is 11.3. The molecule has 0 aliphatic heterocycles. The van der Waals surface area contributed by atoms with E-state index in [1.54, 1.807) is 13.8 Å². The molecule has 0 radical (unpaired) electrons. The van der Waals surface area contributed by atoms with E-state index in [0.29, 0.717) is 0 Å². The molecule has 0 aromatic heterocycles. The minimum atomic E-state index is -0.915. The molecule has 0 amide bonds. The lowest BCUT2D eigenvalue weighted by atomic mass is 9.85. The van der Waals surface area contributed by atoms with Crippen LogP contribution >= 0.6 is 0 Å². The second-order valence-corrected chi connectivity index (χ2v) is 5.40. The molecule has 0 aliphatic rings. The zero-order valence-electron chi connectivity index (χ0n) is 11.3. The fourth-order valence-electron chi connectivity index (χ4n) is 1.88. The molecule has 1 rings (SSSR count). The minimum Gasteiger partial charge on any atom is -0.481 e. The largest absolute Gasteiger partial charge is 0.481 e. The lowest BCUT2D eigenvalue weighted by Crippen LogP contribution is -2.26. The summed E-state index contributed by atoms with van der Waals surface area (Å²) in [6.45, 7) is 5.38. The summed E-state index contributed by atoms with van der Waals surface area (Å²) < 4.78 is 0. The number of benzene rings is 1. The highest BCUT2D eigenvalue weighted by Gasteiger charge is 2.30. The number of aliphatic carboxylic acids is 1. The third-order valence-corrected chi connectivity index (χ3v) is 3.19. The first-order valence-electron chi connectivity index (χ1n) is 6.37. The summed E-state index contributed by atoms with van der Waals surface area (Å²) >= 11 is 0. The average Bonchev–Trinajstić information content (AvgIpc) is 2.29. The number of carboxylic acids is 1. The summed E-state index contributed by atoms with van der Waals surface area (Å²) in [6.07, 6.45) is 1.60. The van der Waals surface area contributed by atoms with E-state index in [-0.39, 0.29) is 6.42 Å². The third kappa shape index (κ3) is 3.84. The second kappa shape index (κ2) is 6.01. The van der Waals surface area contributed by atoms with E-state index < -0.39 is 17.5 Å². The van der Waals surface area contributed by atoms with Crippen molar-refractivity contribution in [3.63, 3.8) is 0 Å². The van der Waals surface area contributed by atoms with Gasteiger partial charge in [-0.15, -0.1) is 0 Å². The van der Waals surface area contributed by atoms with Gasteiger partial charge in [0.1, 0.15) is 0 Å². The van der Waals surface area contributed by atoms with Crippen molar-refractivity contribution in [3.05, 3.63) is 35.4 Å². The van der Waals surface area contributed by atoms with Crippen molar-refractivity contribution in [1.29, 1.82) is 0 Å². The quantitative estimate of drug-likeness (QED) is 0.815. The Bertz CT molecular complexity index is 393. The van der Waals surface area contributed by atoms with Gasteiger partial charge in [-0.1, -0.05) is 37.6 Å². The molecule has 1 aromatic carbocycles. The van der Waals surface area contributed by atoms with Gasteiger partial charge < -0.3 is 10.2 Å². The Kier molecular flexibility index (Phi) is 4.91. The minimum absolute atomic E-state index is 0.218. The number of aliphatic hydroxyl groups is 1. The molecule has 0 aliphatic carbocycles. The van der Waals surface area contributed by atoms with Gasteiger partial charge in [0.15, 0.2) is 0 Å². The molecule has 1 aromatic rings. The number of hydrogen-bond acceptors (Lipinski definition) is 2. The Morgan fingerprint density at radius 1 is 1.28 bits per heavy atom. The van der Waals surface area contributed by atoms with E-state index in [1.165, 1.54) is 5.56 Å². The highest BCUT2D eigenvalue weighted by atomic mass is 16.4. The first kappa shape index (κ1) is 14.7. The van der Waals surface area contributed by atoms with Crippen molar-refractivity contribution >= 4 is 5.97 Å². The van der Waals surface area contributed by atoms with Crippen LogP contribution in [0, 0.1) is 5.41 Å². The molecule has 18 heavy (non-hydrogen) atoms. The fraction of sp³-hybridized carbons (Fsp3) is 0.533. The van der Waals surface area contributed by atoms with E-state index in [0.717, 1.165) is 18.4 Å². The van der Waals surface area contributed by atoms with Crippen molar-refractivity contribution in [1.82, 2.24) is 0 Å². The fourth-order valence-corrected chi connectivity index (χ4v) is 1.88. The first-order valence-corrected chi connectivity index (χ1v) is 6.37. The molecule has 0 saturated carbocycles. The van der Waals surface area contributed by atoms with Crippen LogP contribution in [0.15, 0.2) is 24.3 Å². The molecule has 1 atom stereocenters. The molecule has 0 fully saturated rings. The van der Waals surface area contributed by atoms with Gasteiger partial charge in [-0.2, -0.15) is 0 Å². The van der Waals surface area contributed by atoms with Crippen molar-refractivity contribution in [2.45, 2.75) is 46.1 Å². The molecule has 3 heteroatoms. The van der Waals surface area contributed by atoms with E-state index in [2.05, 4.69) is 6.92 Å². The molecule has 3 nitrogen and oxygen atoms in total. The number of aryl methyl sites for hydroxylation is 1. The summed E-state index contributed by atoms with van der Waals surface area (Å²) in [6, 6.07) is 7.76. The lowest BCUT2D eigenvalue weighted by molar-refractivity contribution is -0.148. The van der Waals surface area contributed by atoms with Gasteiger partial charge in [-0.05, 0) is 37.8 Å². The van der Waals surface area contributed by atoms with Crippen LogP contribution in [0.1, 0.15) is 50.8 Å². The highest BCUT2D eigenvalue weighted by molar-refractivity contribution is 5.73. The molecule has 0 heterocycles. The Labute approximate surface area is 108 Å². The molecule has 100 valence electrons. The number of carbonyl (C=O) groups is 1. The number of rotatable bonds is 6. The van der Waals surface area contributed by atoms with Crippen molar-refractivity contribution in [2.24, 2.45) is 5.41 Å². The first-order chi connectivity index (χ1) is 8.36. The second-order valence-electron chi connectivity index (χ2n) is 5.40. The Morgan fingerprint density at radius 3 is 2.28 bits per heavy atom. The van der Waals surface area contributed by atoms with E-state index >= 15 is 0 Å². The summed E-state index contributed by atoms with van der Waals surface area (Å²) in [5.41, 5.74) is 1.11. The molecule has 0 saturated heterocycles. The van der Waals surface area contributed by atoms with Crippen LogP contribution in [-0.2, 0) is 11.2 Å². The van der Waals surface area contributed by atoms with Gasteiger partial charge in [0, 0.05) is 0 Å². The molecular formula is C15H22O3. The van der Waals surface area contributed by atoms with E-state index in [1.807, 2.05) is 24.3 Å². The molecule has 0 spiro atoms. The lowest BCUT2D eigenvalue weighted by Gasteiger charge is -2.23. The predicted octanol–water partition coefficient (Wildman–Crippen LogP) is 3.17. The SMILES string of the molecule is CCCc1ccc(C(O)CC(C)(C)C(=O)O)cc1. The average molecular weight is 250 g/mol. The zero-order chi connectivity index (χ0) is 13.8. The summed E-state index contributed by atoms with van der Waals surface area (Å²) in [7, 11) is 0.